The number of nitrogens with zero attached hydrogens (tertiary/aromatic N) is 8. The summed E-state index contributed by atoms with van der Waals surface area (Å²) in [5.74, 6) is 0.551. The number of rotatable bonds is 2. The lowest BCUT2D eigenvalue weighted by atomic mass is 9.86. The van der Waals surface area contributed by atoms with Crippen LogP contribution in [0.3, 0.4) is 0 Å². The number of hydrogen-bond acceptors (Lipinski definition) is 11. The second kappa shape index (κ2) is 27.3. The summed E-state index contributed by atoms with van der Waals surface area (Å²) < 4.78 is 19.3. The van der Waals surface area contributed by atoms with Gasteiger partial charge in [0.25, 0.3) is 6.01 Å². The molecule has 0 radical (unpaired) electrons. The Morgan fingerprint density at radius 1 is 0.562 bits per heavy atom. The molecule has 0 aliphatic rings. The van der Waals surface area contributed by atoms with E-state index in [0.717, 1.165) is 50.6 Å². The fourth-order valence-corrected chi connectivity index (χ4v) is 6.98. The van der Waals surface area contributed by atoms with Gasteiger partial charge in [-0.15, -0.1) is 5.10 Å². The lowest BCUT2D eigenvalue weighted by molar-refractivity contribution is 0.269. The number of anilines is 2. The van der Waals surface area contributed by atoms with Crippen LogP contribution in [0.15, 0.2) is 96.1 Å². The monoisotopic (exact) mass is 1100 g/mol. The molecule has 9 aromatic rings. The molecule has 0 spiro atoms. The molecule has 0 amide bonds. The van der Waals surface area contributed by atoms with E-state index in [9.17, 15) is 4.39 Å². The number of imidazole rings is 1. The molecule has 80 heavy (non-hydrogen) atoms. The molecular weight excluding hydrogens is 1000 g/mol. The van der Waals surface area contributed by atoms with Gasteiger partial charge in [-0.05, 0) is 89.2 Å². The minimum Gasteiger partial charge on any atom is -0.424 e. The Kier molecular flexibility index (Phi) is 23.0. The van der Waals surface area contributed by atoms with Crippen LogP contribution >= 0.6 is 0 Å². The largest absolute Gasteiger partial charge is 0.424 e. The second-order valence-electron chi connectivity index (χ2n) is 27.2. The zero-order valence-corrected chi connectivity index (χ0v) is 52.5. The van der Waals surface area contributed by atoms with Crippen molar-refractivity contribution in [3.8, 4) is 0 Å². The molecule has 9 rings (SSSR count). The summed E-state index contributed by atoms with van der Waals surface area (Å²) in [6.45, 7) is 49.6. The fourth-order valence-electron chi connectivity index (χ4n) is 6.98. The van der Waals surface area contributed by atoms with Gasteiger partial charge in [0, 0.05) is 86.4 Å². The number of benzene rings is 2. The highest BCUT2D eigenvalue weighted by Crippen LogP contribution is 2.29. The van der Waals surface area contributed by atoms with Crippen molar-refractivity contribution < 1.29 is 13.9 Å². The number of aliphatic hydroxyl groups is 1. The molecule has 0 unspecified atom stereocenters. The third-order valence-corrected chi connectivity index (χ3v) is 12.4. The number of aryl methyl sites for hydroxylation is 2. The van der Waals surface area contributed by atoms with E-state index in [1.54, 1.807) is 17.1 Å². The molecule has 0 saturated heterocycles. The molecule has 0 bridgehead atoms. The van der Waals surface area contributed by atoms with Crippen molar-refractivity contribution in [3.63, 3.8) is 0 Å². The summed E-state index contributed by atoms with van der Waals surface area (Å²) >= 11 is 0. The standard InChI is InChI=1S/C13H16N2.C11H14N2O.C9H16N2O.2C8H14N2.C7H11FN2.C7H12N2/c1-13(2,3)9-4-5-12-10(8-9)11(14)6-7-15-12;1-11(2,3)7-4-5-8-9(6-7)14-10(12)13-8;1-9(2,3)8-6-10-11(7-8)4-5-12;1-6-9-5-7(10-6)8(2,3)4;1-6-5-7(10-9-6)8(2,3)4;1-7(2,3)5-4-6(8)10-9-5;1-7(2,3)6-4-5-8-9-6/h4-8H,1-3H3,(H2,14,15);4-6H,1-3H3,(H2,12,13);6-7,12H,4-5H2,1-3H3;2*5H,1-4H3,(H,9,10);4H,1-3H3,(H,9,10);4-5H,1-3H3,(H,8,9). The number of fused-ring (bicyclic) bond motifs is 2. The number of aromatic amines is 4. The summed E-state index contributed by atoms with van der Waals surface area (Å²) in [6.07, 6.45) is 9.26. The molecule has 9 N–H and O–H groups in total. The van der Waals surface area contributed by atoms with Crippen molar-refractivity contribution in [2.75, 3.05) is 18.1 Å². The highest BCUT2D eigenvalue weighted by Gasteiger charge is 2.20. The molecule has 2 aromatic carbocycles. The molecule has 0 atom stereocenters. The maximum Gasteiger partial charge on any atom is 0.292 e. The van der Waals surface area contributed by atoms with E-state index in [2.05, 4.69) is 205 Å². The number of H-pyrrole nitrogens is 4. The number of nitrogens with two attached hydrogens (primary N) is 2. The SMILES string of the molecule is CC(C)(C)c1cc(F)n[nH]1.CC(C)(C)c1ccc2nc(N)oc2c1.CC(C)(C)c1ccc2nccc(N)c2c1.CC(C)(C)c1ccn[nH]1.CC(C)(C)c1cnn(CCO)c1.Cc1cc(C(C)(C)C)n[nH]1.Cc1ncc(C(C)(C)C)[nH]1. The Morgan fingerprint density at radius 3 is 1.52 bits per heavy atom. The van der Waals surface area contributed by atoms with Gasteiger partial charge in [0.1, 0.15) is 11.3 Å². The molecule has 0 saturated carbocycles. The molecule has 17 heteroatoms. The van der Waals surface area contributed by atoms with Gasteiger partial charge < -0.3 is 26.0 Å². The molecule has 16 nitrogen and oxygen atoms in total. The summed E-state index contributed by atoms with van der Waals surface area (Å²) in [4.78, 5) is 15.7. The third-order valence-electron chi connectivity index (χ3n) is 12.4. The van der Waals surface area contributed by atoms with Gasteiger partial charge in [-0.3, -0.25) is 25.0 Å². The summed E-state index contributed by atoms with van der Waals surface area (Å²) in [5.41, 5.74) is 24.9. The van der Waals surface area contributed by atoms with Gasteiger partial charge in [-0.1, -0.05) is 158 Å². The Labute approximate surface area is 476 Å². The average Bonchev–Trinajstić information content (AvgIpc) is 4.19. The van der Waals surface area contributed by atoms with E-state index >= 15 is 0 Å². The van der Waals surface area contributed by atoms with Gasteiger partial charge in [0.05, 0.1) is 30.6 Å². The summed E-state index contributed by atoms with van der Waals surface area (Å²) in [5, 5.41) is 33.7. The number of hydrogen-bond donors (Lipinski definition) is 7. The van der Waals surface area contributed by atoms with Crippen LogP contribution in [0, 0.1) is 19.8 Å². The molecule has 7 heterocycles. The first-order valence-electron chi connectivity index (χ1n) is 27.3. The zero-order chi connectivity index (χ0) is 60.8. The highest BCUT2D eigenvalue weighted by atomic mass is 19.1. The maximum atomic E-state index is 12.3. The molecule has 0 aliphatic carbocycles. The van der Waals surface area contributed by atoms with Gasteiger partial charge in [-0.25, -0.2) is 4.98 Å². The van der Waals surface area contributed by atoms with Crippen LogP contribution in [0.5, 0.6) is 0 Å². The van der Waals surface area contributed by atoms with Gasteiger partial charge >= 0.3 is 0 Å². The zero-order valence-electron chi connectivity index (χ0n) is 52.5. The van der Waals surface area contributed by atoms with Crippen LogP contribution in [-0.4, -0.2) is 72.0 Å². The fraction of sp³-hybridized carbons (Fsp3) is 0.508. The first-order chi connectivity index (χ1) is 36.6. The summed E-state index contributed by atoms with van der Waals surface area (Å²) in [7, 11) is 0. The van der Waals surface area contributed by atoms with Crippen molar-refractivity contribution in [2.24, 2.45) is 0 Å². The smallest absolute Gasteiger partial charge is 0.292 e. The van der Waals surface area contributed by atoms with E-state index in [-0.39, 0.29) is 50.5 Å². The van der Waals surface area contributed by atoms with E-state index in [4.69, 9.17) is 21.0 Å². The molecule has 7 aromatic heterocycles. The minimum atomic E-state index is -0.440. The highest BCUT2D eigenvalue weighted by molar-refractivity contribution is 5.90. The second-order valence-corrected chi connectivity index (χ2v) is 27.2. The van der Waals surface area contributed by atoms with E-state index in [1.165, 1.54) is 34.1 Å². The number of aromatic nitrogens is 12. The Morgan fingerprint density at radius 2 is 1.14 bits per heavy atom. The first-order valence-corrected chi connectivity index (χ1v) is 27.3. The topological polar surface area (TPSA) is 244 Å². The Balaban J connectivity index is 0.000000247. The van der Waals surface area contributed by atoms with Crippen LogP contribution in [0.1, 0.15) is 196 Å². The number of halogens is 1. The average molecular weight is 1100 g/mol. The molecule has 0 aliphatic heterocycles. The van der Waals surface area contributed by atoms with Gasteiger partial charge in [0.2, 0.25) is 5.95 Å². The Hall–Kier alpha value is -7.14. The number of oxazole rings is 1. The molecular formula is C63H97FN14O2. The van der Waals surface area contributed by atoms with E-state index in [0.29, 0.717) is 6.54 Å². The minimum absolute atomic E-state index is 0.0443. The van der Waals surface area contributed by atoms with Crippen molar-refractivity contribution in [3.05, 3.63) is 149 Å². The van der Waals surface area contributed by atoms with Crippen LogP contribution < -0.4 is 11.5 Å². The normalized spacial score (nSPS) is 12.0. The summed E-state index contributed by atoms with van der Waals surface area (Å²) in [6, 6.07) is 19.9. The Bertz CT molecular complexity index is 3110. The molecule has 0 fully saturated rings. The predicted octanol–water partition coefficient (Wildman–Crippen LogP) is 14.6. The first kappa shape index (κ1) is 67.1. The quantitative estimate of drug-likeness (QED) is 0.0858. The van der Waals surface area contributed by atoms with Crippen LogP contribution in [0.2, 0.25) is 0 Å². The van der Waals surface area contributed by atoms with Crippen molar-refractivity contribution in [2.45, 2.75) is 204 Å². The van der Waals surface area contributed by atoms with Crippen molar-refractivity contribution in [1.29, 1.82) is 0 Å². The number of nitrogen functional groups attached to an aromatic ring is 2. The van der Waals surface area contributed by atoms with Crippen LogP contribution in [0.4, 0.5) is 16.1 Å². The van der Waals surface area contributed by atoms with Crippen molar-refractivity contribution in [1.82, 2.24) is 60.3 Å². The predicted molar refractivity (Wildman–Crippen MR) is 329 cm³/mol. The van der Waals surface area contributed by atoms with Gasteiger partial charge in [-0.2, -0.15) is 24.7 Å². The number of nitrogens with one attached hydrogen (secondary N) is 4. The van der Waals surface area contributed by atoms with Crippen molar-refractivity contribution >= 4 is 33.7 Å². The lowest BCUT2D eigenvalue weighted by Gasteiger charge is -2.19. The van der Waals surface area contributed by atoms with Gasteiger partial charge in [0.15, 0.2) is 5.58 Å². The number of aliphatic hydroxyl groups excluding tert-OH is 1. The lowest BCUT2D eigenvalue weighted by Crippen LogP contribution is -2.11. The van der Waals surface area contributed by atoms with E-state index in [1.807, 2.05) is 83.5 Å². The van der Waals surface area contributed by atoms with Crippen LogP contribution in [-0.2, 0) is 44.4 Å². The van der Waals surface area contributed by atoms with Crippen LogP contribution in [0.25, 0.3) is 22.0 Å². The number of pyridine rings is 1. The maximum absolute atomic E-state index is 12.3. The third kappa shape index (κ3) is 22.2. The van der Waals surface area contributed by atoms with E-state index < -0.39 is 5.95 Å². The molecule has 438 valence electrons.